The van der Waals surface area contributed by atoms with E-state index in [2.05, 4.69) is 34.3 Å². The predicted octanol–water partition coefficient (Wildman–Crippen LogP) is 2.76. The van der Waals surface area contributed by atoms with Crippen molar-refractivity contribution >= 4 is 11.6 Å². The Bertz CT molecular complexity index is 474. The van der Waals surface area contributed by atoms with E-state index >= 15 is 0 Å². The molecule has 4 heteroatoms. The van der Waals surface area contributed by atoms with Crippen molar-refractivity contribution in [3.63, 3.8) is 0 Å². The summed E-state index contributed by atoms with van der Waals surface area (Å²) >= 11 is 6.11. The molecule has 0 saturated heterocycles. The van der Waals surface area contributed by atoms with Gasteiger partial charge in [0.05, 0.1) is 6.54 Å². The molecule has 1 aromatic heterocycles. The van der Waals surface area contributed by atoms with Gasteiger partial charge < -0.3 is 10.3 Å². The molecule has 0 fully saturated rings. The first-order valence-corrected chi connectivity index (χ1v) is 5.54. The van der Waals surface area contributed by atoms with Gasteiger partial charge in [-0.25, -0.2) is 4.98 Å². The van der Waals surface area contributed by atoms with Crippen LogP contribution in [-0.4, -0.2) is 17.0 Å². The Morgan fingerprint density at radius 2 is 2.00 bits per heavy atom. The fourth-order valence-corrected chi connectivity index (χ4v) is 1.81. The van der Waals surface area contributed by atoms with Gasteiger partial charge in [0, 0.05) is 5.56 Å². The van der Waals surface area contributed by atoms with E-state index in [4.69, 9.17) is 11.6 Å². The third-order valence-corrected chi connectivity index (χ3v) is 2.65. The number of hydrogen-bond donors (Lipinski definition) is 2. The highest BCUT2D eigenvalue weighted by atomic mass is 35.5. The minimum Gasteiger partial charge on any atom is -0.331 e. The SMILES string of the molecule is CNCc1nc(-c2ccc(C)cc2)c(Cl)[nH]1. The third kappa shape index (κ3) is 2.26. The Balaban J connectivity index is 2.36. The summed E-state index contributed by atoms with van der Waals surface area (Å²) in [5.74, 6) is 0.850. The van der Waals surface area contributed by atoms with Crippen molar-refractivity contribution in [2.75, 3.05) is 7.05 Å². The molecule has 1 aromatic carbocycles. The number of imidazole rings is 1. The predicted molar refractivity (Wildman–Crippen MR) is 66.5 cm³/mol. The summed E-state index contributed by atoms with van der Waals surface area (Å²) in [4.78, 5) is 7.50. The first kappa shape index (κ1) is 11.2. The van der Waals surface area contributed by atoms with Crippen LogP contribution in [0, 0.1) is 6.92 Å². The van der Waals surface area contributed by atoms with Gasteiger partial charge in [-0.05, 0) is 14.0 Å². The van der Waals surface area contributed by atoms with Crippen LogP contribution in [-0.2, 0) is 6.54 Å². The lowest BCUT2D eigenvalue weighted by Crippen LogP contribution is -2.06. The quantitative estimate of drug-likeness (QED) is 0.859. The van der Waals surface area contributed by atoms with Gasteiger partial charge >= 0.3 is 0 Å². The summed E-state index contributed by atoms with van der Waals surface area (Å²) in [6.45, 7) is 2.74. The van der Waals surface area contributed by atoms with E-state index in [-0.39, 0.29) is 0 Å². The molecule has 16 heavy (non-hydrogen) atoms. The number of aromatic amines is 1. The van der Waals surface area contributed by atoms with Crippen molar-refractivity contribution in [2.24, 2.45) is 0 Å². The Labute approximate surface area is 99.9 Å². The van der Waals surface area contributed by atoms with Crippen LogP contribution in [0.2, 0.25) is 5.15 Å². The van der Waals surface area contributed by atoms with Crippen molar-refractivity contribution in [3.8, 4) is 11.3 Å². The second-order valence-electron chi connectivity index (χ2n) is 3.74. The molecule has 3 nitrogen and oxygen atoms in total. The smallest absolute Gasteiger partial charge is 0.134 e. The lowest BCUT2D eigenvalue weighted by Gasteiger charge is -1.98. The third-order valence-electron chi connectivity index (χ3n) is 2.38. The van der Waals surface area contributed by atoms with Crippen LogP contribution in [0.15, 0.2) is 24.3 Å². The molecule has 2 N–H and O–H groups in total. The molecule has 84 valence electrons. The maximum Gasteiger partial charge on any atom is 0.134 e. The summed E-state index contributed by atoms with van der Waals surface area (Å²) in [6.07, 6.45) is 0. The molecule has 2 aromatic rings. The Morgan fingerprint density at radius 3 is 2.62 bits per heavy atom. The van der Waals surface area contributed by atoms with E-state index < -0.39 is 0 Å². The van der Waals surface area contributed by atoms with E-state index in [1.54, 1.807) is 0 Å². The minimum atomic E-state index is 0.592. The molecule has 0 aliphatic rings. The summed E-state index contributed by atoms with van der Waals surface area (Å²) in [5.41, 5.74) is 3.08. The van der Waals surface area contributed by atoms with Crippen LogP contribution >= 0.6 is 11.6 Å². The number of aryl methyl sites for hydroxylation is 1. The van der Waals surface area contributed by atoms with E-state index in [0.717, 1.165) is 17.1 Å². The average molecular weight is 236 g/mol. The zero-order valence-electron chi connectivity index (χ0n) is 9.34. The highest BCUT2D eigenvalue weighted by Gasteiger charge is 2.09. The Kier molecular flexibility index (Phi) is 3.27. The summed E-state index contributed by atoms with van der Waals surface area (Å²) in [6, 6.07) is 8.16. The van der Waals surface area contributed by atoms with Crippen molar-refractivity contribution in [1.82, 2.24) is 15.3 Å². The highest BCUT2D eigenvalue weighted by molar-refractivity contribution is 6.31. The zero-order valence-corrected chi connectivity index (χ0v) is 10.1. The molecule has 0 amide bonds. The van der Waals surface area contributed by atoms with Gasteiger partial charge in [-0.2, -0.15) is 0 Å². The molecule has 0 spiro atoms. The number of nitrogens with zero attached hydrogens (tertiary/aromatic N) is 1. The molecule has 0 bridgehead atoms. The van der Waals surface area contributed by atoms with Gasteiger partial charge in [0.1, 0.15) is 16.7 Å². The summed E-state index contributed by atoms with van der Waals surface area (Å²) in [5, 5.41) is 3.62. The Hall–Kier alpha value is -1.32. The molecule has 0 aliphatic carbocycles. The zero-order chi connectivity index (χ0) is 11.5. The van der Waals surface area contributed by atoms with Gasteiger partial charge in [0.15, 0.2) is 0 Å². The fourth-order valence-electron chi connectivity index (χ4n) is 1.55. The molecule has 0 radical (unpaired) electrons. The lowest BCUT2D eigenvalue weighted by atomic mass is 10.1. The van der Waals surface area contributed by atoms with E-state index in [1.165, 1.54) is 5.56 Å². The minimum absolute atomic E-state index is 0.592. The molecule has 0 atom stereocenters. The van der Waals surface area contributed by atoms with Crippen LogP contribution in [0.3, 0.4) is 0 Å². The van der Waals surface area contributed by atoms with E-state index in [0.29, 0.717) is 11.7 Å². The first-order chi connectivity index (χ1) is 7.70. The monoisotopic (exact) mass is 235 g/mol. The van der Waals surface area contributed by atoms with Gasteiger partial charge in [-0.1, -0.05) is 41.4 Å². The van der Waals surface area contributed by atoms with Crippen molar-refractivity contribution in [3.05, 3.63) is 40.8 Å². The van der Waals surface area contributed by atoms with Gasteiger partial charge in [-0.15, -0.1) is 0 Å². The maximum atomic E-state index is 6.11. The second-order valence-corrected chi connectivity index (χ2v) is 4.12. The number of H-pyrrole nitrogens is 1. The number of halogens is 1. The molecular weight excluding hydrogens is 222 g/mol. The average Bonchev–Trinajstić information content (AvgIpc) is 2.61. The lowest BCUT2D eigenvalue weighted by molar-refractivity contribution is 0.772. The Morgan fingerprint density at radius 1 is 1.31 bits per heavy atom. The molecule has 1 heterocycles. The molecule has 2 rings (SSSR count). The van der Waals surface area contributed by atoms with Gasteiger partial charge in [-0.3, -0.25) is 0 Å². The van der Waals surface area contributed by atoms with E-state index in [1.807, 2.05) is 19.2 Å². The largest absolute Gasteiger partial charge is 0.331 e. The summed E-state index contributed by atoms with van der Waals surface area (Å²) in [7, 11) is 1.88. The van der Waals surface area contributed by atoms with Crippen molar-refractivity contribution in [2.45, 2.75) is 13.5 Å². The van der Waals surface area contributed by atoms with Crippen LogP contribution in [0.5, 0.6) is 0 Å². The number of benzene rings is 1. The second kappa shape index (κ2) is 4.68. The standard InChI is InChI=1S/C12H14ClN3/c1-8-3-5-9(6-4-8)11-12(13)16-10(15-11)7-14-2/h3-6,14H,7H2,1-2H3,(H,15,16). The number of nitrogens with one attached hydrogen (secondary N) is 2. The molecule has 0 aliphatic heterocycles. The molecule has 0 saturated carbocycles. The van der Waals surface area contributed by atoms with Gasteiger partial charge in [0.25, 0.3) is 0 Å². The van der Waals surface area contributed by atoms with Gasteiger partial charge in [0.2, 0.25) is 0 Å². The normalized spacial score (nSPS) is 10.7. The maximum absolute atomic E-state index is 6.11. The van der Waals surface area contributed by atoms with Crippen molar-refractivity contribution < 1.29 is 0 Å². The fraction of sp³-hybridized carbons (Fsp3) is 0.250. The van der Waals surface area contributed by atoms with Crippen LogP contribution < -0.4 is 5.32 Å². The van der Waals surface area contributed by atoms with E-state index in [9.17, 15) is 0 Å². The summed E-state index contributed by atoms with van der Waals surface area (Å²) < 4.78 is 0. The number of hydrogen-bond acceptors (Lipinski definition) is 2. The van der Waals surface area contributed by atoms with Crippen LogP contribution in [0.25, 0.3) is 11.3 Å². The highest BCUT2D eigenvalue weighted by Crippen LogP contribution is 2.25. The number of rotatable bonds is 3. The van der Waals surface area contributed by atoms with Crippen LogP contribution in [0.1, 0.15) is 11.4 Å². The first-order valence-electron chi connectivity index (χ1n) is 5.16. The number of aromatic nitrogens is 2. The van der Waals surface area contributed by atoms with Crippen LogP contribution in [0.4, 0.5) is 0 Å². The van der Waals surface area contributed by atoms with Crippen molar-refractivity contribution in [1.29, 1.82) is 0 Å². The molecule has 0 unspecified atom stereocenters. The topological polar surface area (TPSA) is 40.7 Å². The molecular formula is C12H14ClN3.